The maximum Gasteiger partial charge on any atom is 0.338 e. The van der Waals surface area contributed by atoms with Crippen LogP contribution in [0.25, 0.3) is 0 Å². The molecule has 2 rings (SSSR count). The number of hydrogen-bond acceptors (Lipinski definition) is 2. The summed E-state index contributed by atoms with van der Waals surface area (Å²) in [6, 6.07) is 19.4. The Kier molecular flexibility index (Phi) is 4.73. The van der Waals surface area contributed by atoms with Gasteiger partial charge in [0.05, 0.1) is 12.2 Å². The Morgan fingerprint density at radius 1 is 1.00 bits per heavy atom. The van der Waals surface area contributed by atoms with Gasteiger partial charge in [-0.2, -0.15) is 0 Å². The summed E-state index contributed by atoms with van der Waals surface area (Å²) in [6.45, 7) is 2.59. The number of benzene rings is 2. The fraction of sp³-hybridized carbons (Fsp3) is 0.235. The van der Waals surface area contributed by atoms with E-state index in [4.69, 9.17) is 4.74 Å². The third-order valence-electron chi connectivity index (χ3n) is 3.16. The minimum Gasteiger partial charge on any atom is -0.462 e. The molecule has 2 heteroatoms. The van der Waals surface area contributed by atoms with Crippen molar-refractivity contribution in [1.82, 2.24) is 0 Å². The van der Waals surface area contributed by atoms with Crippen LogP contribution in [-0.2, 0) is 4.74 Å². The Bertz CT molecular complexity index is 505. The predicted octanol–water partition coefficient (Wildman–Crippen LogP) is 4.04. The molecule has 19 heavy (non-hydrogen) atoms. The quantitative estimate of drug-likeness (QED) is 0.753. The lowest BCUT2D eigenvalue weighted by Crippen LogP contribution is -2.08. The highest BCUT2D eigenvalue weighted by Gasteiger charge is 2.08. The molecule has 0 amide bonds. The molecule has 2 aromatic carbocycles. The zero-order chi connectivity index (χ0) is 13.5. The first-order valence-corrected chi connectivity index (χ1v) is 6.54. The Morgan fingerprint density at radius 2 is 1.58 bits per heavy atom. The molecular weight excluding hydrogens is 236 g/mol. The van der Waals surface area contributed by atoms with Crippen molar-refractivity contribution in [3.05, 3.63) is 71.8 Å². The summed E-state index contributed by atoms with van der Waals surface area (Å²) >= 11 is 0. The van der Waals surface area contributed by atoms with Crippen LogP contribution in [0.5, 0.6) is 0 Å². The van der Waals surface area contributed by atoms with E-state index in [9.17, 15) is 4.79 Å². The minimum absolute atomic E-state index is 0.249. The van der Waals surface area contributed by atoms with Crippen molar-refractivity contribution in [2.24, 2.45) is 0 Å². The molecule has 2 aromatic rings. The SMILES string of the molecule is C[C@H](CCOC(=O)c1ccccc1)c1ccccc1. The van der Waals surface area contributed by atoms with Crippen LogP contribution in [-0.4, -0.2) is 12.6 Å². The minimum atomic E-state index is -0.249. The van der Waals surface area contributed by atoms with Crippen molar-refractivity contribution in [3.8, 4) is 0 Å². The number of rotatable bonds is 5. The molecule has 0 aliphatic heterocycles. The average Bonchev–Trinajstić information content (AvgIpc) is 2.49. The lowest BCUT2D eigenvalue weighted by Gasteiger charge is -2.12. The van der Waals surface area contributed by atoms with Gasteiger partial charge in [0.25, 0.3) is 0 Å². The molecule has 0 spiro atoms. The van der Waals surface area contributed by atoms with Crippen molar-refractivity contribution in [2.45, 2.75) is 19.3 Å². The van der Waals surface area contributed by atoms with Crippen LogP contribution in [0.15, 0.2) is 60.7 Å². The highest BCUT2D eigenvalue weighted by molar-refractivity contribution is 5.89. The fourth-order valence-electron chi connectivity index (χ4n) is 1.93. The van der Waals surface area contributed by atoms with Crippen molar-refractivity contribution in [2.75, 3.05) is 6.61 Å². The molecule has 0 radical (unpaired) electrons. The molecule has 0 fully saturated rings. The van der Waals surface area contributed by atoms with Gasteiger partial charge in [-0.1, -0.05) is 55.5 Å². The van der Waals surface area contributed by atoms with E-state index in [1.54, 1.807) is 12.1 Å². The molecule has 98 valence electrons. The van der Waals surface area contributed by atoms with E-state index < -0.39 is 0 Å². The smallest absolute Gasteiger partial charge is 0.338 e. The Morgan fingerprint density at radius 3 is 2.21 bits per heavy atom. The maximum atomic E-state index is 11.7. The van der Waals surface area contributed by atoms with Gasteiger partial charge in [0.1, 0.15) is 0 Å². The van der Waals surface area contributed by atoms with E-state index in [1.165, 1.54) is 5.56 Å². The molecule has 1 atom stereocenters. The highest BCUT2D eigenvalue weighted by Crippen LogP contribution is 2.18. The van der Waals surface area contributed by atoms with Crippen LogP contribution >= 0.6 is 0 Å². The largest absolute Gasteiger partial charge is 0.462 e. The molecule has 0 heterocycles. The Hall–Kier alpha value is -2.09. The van der Waals surface area contributed by atoms with E-state index >= 15 is 0 Å². The molecule has 0 unspecified atom stereocenters. The van der Waals surface area contributed by atoms with Crippen LogP contribution in [0.1, 0.15) is 35.2 Å². The van der Waals surface area contributed by atoms with Crippen LogP contribution in [0.4, 0.5) is 0 Å². The van der Waals surface area contributed by atoms with Gasteiger partial charge in [-0.25, -0.2) is 4.79 Å². The number of carbonyl (C=O) groups excluding carboxylic acids is 1. The molecule has 2 nitrogen and oxygen atoms in total. The van der Waals surface area contributed by atoms with Crippen molar-refractivity contribution < 1.29 is 9.53 Å². The van der Waals surface area contributed by atoms with E-state index in [2.05, 4.69) is 19.1 Å². The molecule has 0 saturated carbocycles. The summed E-state index contributed by atoms with van der Waals surface area (Å²) in [6.07, 6.45) is 0.836. The molecule has 0 aliphatic carbocycles. The number of esters is 1. The Labute approximate surface area is 114 Å². The van der Waals surface area contributed by atoms with Gasteiger partial charge in [0.15, 0.2) is 0 Å². The van der Waals surface area contributed by atoms with Crippen molar-refractivity contribution >= 4 is 5.97 Å². The normalized spacial score (nSPS) is 11.8. The summed E-state index contributed by atoms with van der Waals surface area (Å²) in [5, 5.41) is 0. The van der Waals surface area contributed by atoms with Crippen LogP contribution < -0.4 is 0 Å². The lowest BCUT2D eigenvalue weighted by molar-refractivity contribution is 0.0494. The van der Waals surface area contributed by atoms with Crippen LogP contribution in [0.2, 0.25) is 0 Å². The van der Waals surface area contributed by atoms with E-state index in [0.717, 1.165) is 6.42 Å². The first-order valence-electron chi connectivity index (χ1n) is 6.54. The van der Waals surface area contributed by atoms with Gasteiger partial charge in [0.2, 0.25) is 0 Å². The van der Waals surface area contributed by atoms with E-state index in [1.807, 2.05) is 36.4 Å². The predicted molar refractivity (Wildman–Crippen MR) is 76.2 cm³/mol. The zero-order valence-electron chi connectivity index (χ0n) is 11.1. The summed E-state index contributed by atoms with van der Waals surface area (Å²) in [7, 11) is 0. The second-order valence-electron chi connectivity index (χ2n) is 4.60. The molecular formula is C17H18O2. The van der Waals surface area contributed by atoms with Gasteiger partial charge in [-0.15, -0.1) is 0 Å². The monoisotopic (exact) mass is 254 g/mol. The molecule has 0 N–H and O–H groups in total. The number of ether oxygens (including phenoxy) is 1. The van der Waals surface area contributed by atoms with Crippen molar-refractivity contribution in [1.29, 1.82) is 0 Å². The third-order valence-corrected chi connectivity index (χ3v) is 3.16. The van der Waals surface area contributed by atoms with E-state index in [0.29, 0.717) is 18.1 Å². The number of carbonyl (C=O) groups is 1. The zero-order valence-corrected chi connectivity index (χ0v) is 11.1. The topological polar surface area (TPSA) is 26.3 Å². The van der Waals surface area contributed by atoms with Gasteiger partial charge in [0, 0.05) is 0 Å². The average molecular weight is 254 g/mol. The first-order chi connectivity index (χ1) is 9.27. The second kappa shape index (κ2) is 6.74. The van der Waals surface area contributed by atoms with Gasteiger partial charge < -0.3 is 4.74 Å². The van der Waals surface area contributed by atoms with Crippen molar-refractivity contribution in [3.63, 3.8) is 0 Å². The molecule has 0 bridgehead atoms. The fourth-order valence-corrected chi connectivity index (χ4v) is 1.93. The molecule has 0 saturated heterocycles. The van der Waals surface area contributed by atoms with Gasteiger partial charge in [-0.05, 0) is 30.0 Å². The third kappa shape index (κ3) is 3.95. The van der Waals surface area contributed by atoms with E-state index in [-0.39, 0.29) is 5.97 Å². The second-order valence-corrected chi connectivity index (χ2v) is 4.60. The summed E-state index contributed by atoms with van der Waals surface area (Å²) in [4.78, 5) is 11.7. The van der Waals surface area contributed by atoms with Gasteiger partial charge >= 0.3 is 5.97 Å². The van der Waals surface area contributed by atoms with Crippen LogP contribution in [0, 0.1) is 0 Å². The number of hydrogen-bond donors (Lipinski definition) is 0. The molecule has 0 aromatic heterocycles. The summed E-state index contributed by atoms with van der Waals surface area (Å²) in [5.74, 6) is 0.144. The summed E-state index contributed by atoms with van der Waals surface area (Å²) < 4.78 is 5.28. The summed E-state index contributed by atoms with van der Waals surface area (Å²) in [5.41, 5.74) is 1.88. The van der Waals surface area contributed by atoms with Crippen LogP contribution in [0.3, 0.4) is 0 Å². The maximum absolute atomic E-state index is 11.7. The Balaban J connectivity index is 1.79. The molecule has 0 aliphatic rings. The van der Waals surface area contributed by atoms with Gasteiger partial charge in [-0.3, -0.25) is 0 Å². The standard InChI is InChI=1S/C17H18O2/c1-14(15-8-4-2-5-9-15)12-13-19-17(18)16-10-6-3-7-11-16/h2-11,14H,12-13H2,1H3/t14-/m1/s1. The lowest BCUT2D eigenvalue weighted by atomic mass is 9.98. The highest BCUT2D eigenvalue weighted by atomic mass is 16.5. The first kappa shape index (κ1) is 13.3.